The summed E-state index contributed by atoms with van der Waals surface area (Å²) in [5.74, 6) is -0.0605. The maximum atomic E-state index is 12.1. The third-order valence-corrected chi connectivity index (χ3v) is 3.35. The highest BCUT2D eigenvalue weighted by atomic mass is 127. The van der Waals surface area contributed by atoms with Crippen LogP contribution in [0.15, 0.2) is 42.6 Å². The lowest BCUT2D eigenvalue weighted by molar-refractivity contribution is 0.101. The Hall–Kier alpha value is -1.30. The number of halogens is 1. The van der Waals surface area contributed by atoms with Crippen molar-refractivity contribution in [1.82, 2.24) is 4.57 Å². The number of amides is 1. The molecule has 0 aliphatic carbocycles. The highest BCUT2D eigenvalue weighted by molar-refractivity contribution is 14.1. The van der Waals surface area contributed by atoms with Gasteiger partial charge in [0, 0.05) is 22.0 Å². The van der Waals surface area contributed by atoms with Crippen LogP contribution in [0.1, 0.15) is 23.8 Å². The third-order valence-electron chi connectivity index (χ3n) is 2.63. The number of rotatable bonds is 4. The van der Waals surface area contributed by atoms with Gasteiger partial charge in [-0.3, -0.25) is 4.79 Å². The molecule has 1 aromatic carbocycles. The van der Waals surface area contributed by atoms with E-state index in [0.29, 0.717) is 5.69 Å². The molecule has 0 radical (unpaired) electrons. The molecule has 1 amide bonds. The number of hydrogen-bond acceptors (Lipinski definition) is 1. The molecular weight excluding hydrogens is 339 g/mol. The number of hydrogen-bond donors (Lipinski definition) is 1. The Balaban J connectivity index is 2.11. The zero-order valence-corrected chi connectivity index (χ0v) is 12.3. The number of anilines is 1. The lowest BCUT2D eigenvalue weighted by Crippen LogP contribution is -2.16. The fraction of sp³-hybridized carbons (Fsp3) is 0.214. The minimum absolute atomic E-state index is 0.0605. The van der Waals surface area contributed by atoms with E-state index in [-0.39, 0.29) is 5.91 Å². The van der Waals surface area contributed by atoms with Gasteiger partial charge in [0.25, 0.3) is 5.91 Å². The second-order valence-electron chi connectivity index (χ2n) is 4.05. The Morgan fingerprint density at radius 2 is 2.00 bits per heavy atom. The van der Waals surface area contributed by atoms with Gasteiger partial charge in [-0.15, -0.1) is 0 Å². The number of benzene rings is 1. The first-order valence-electron chi connectivity index (χ1n) is 5.92. The zero-order valence-electron chi connectivity index (χ0n) is 10.2. The Bertz CT molecular complexity index is 531. The molecule has 1 heterocycles. The molecule has 2 aromatic rings. The first-order chi connectivity index (χ1) is 8.70. The van der Waals surface area contributed by atoms with Crippen LogP contribution < -0.4 is 5.32 Å². The summed E-state index contributed by atoms with van der Waals surface area (Å²) < 4.78 is 3.13. The number of carbonyl (C=O) groups excluding carboxylic acids is 1. The molecule has 0 fully saturated rings. The van der Waals surface area contributed by atoms with Gasteiger partial charge in [-0.05, 0) is 65.4 Å². The number of carbonyl (C=O) groups is 1. The fourth-order valence-corrected chi connectivity index (χ4v) is 2.14. The summed E-state index contributed by atoms with van der Waals surface area (Å²) in [6.45, 7) is 2.96. The molecule has 0 unspecified atom stereocenters. The molecule has 0 spiro atoms. The van der Waals surface area contributed by atoms with Gasteiger partial charge in [0.05, 0.1) is 0 Å². The van der Waals surface area contributed by atoms with Crippen LogP contribution in [-0.4, -0.2) is 10.5 Å². The number of nitrogens with zero attached hydrogens (tertiary/aromatic N) is 1. The minimum Gasteiger partial charge on any atom is -0.344 e. The van der Waals surface area contributed by atoms with Crippen molar-refractivity contribution < 1.29 is 4.79 Å². The molecule has 0 aliphatic rings. The van der Waals surface area contributed by atoms with Crippen LogP contribution in [-0.2, 0) is 6.54 Å². The quantitative estimate of drug-likeness (QED) is 0.834. The minimum atomic E-state index is -0.0605. The van der Waals surface area contributed by atoms with Gasteiger partial charge in [-0.1, -0.05) is 6.92 Å². The molecule has 18 heavy (non-hydrogen) atoms. The van der Waals surface area contributed by atoms with Crippen LogP contribution in [0.3, 0.4) is 0 Å². The predicted molar refractivity (Wildman–Crippen MR) is 81.8 cm³/mol. The molecule has 1 aromatic heterocycles. The second-order valence-corrected chi connectivity index (χ2v) is 5.29. The molecular formula is C14H15IN2O. The highest BCUT2D eigenvalue weighted by Gasteiger charge is 2.10. The molecule has 2 rings (SSSR count). The molecule has 0 bridgehead atoms. The van der Waals surface area contributed by atoms with Crippen molar-refractivity contribution in [2.75, 3.05) is 5.32 Å². The third kappa shape index (κ3) is 3.13. The Morgan fingerprint density at radius 3 is 2.67 bits per heavy atom. The molecule has 94 valence electrons. The Morgan fingerprint density at radius 1 is 1.28 bits per heavy atom. The summed E-state index contributed by atoms with van der Waals surface area (Å²) in [7, 11) is 0. The van der Waals surface area contributed by atoms with E-state index in [1.807, 2.05) is 47.2 Å². The van der Waals surface area contributed by atoms with E-state index in [4.69, 9.17) is 0 Å². The lowest BCUT2D eigenvalue weighted by Gasteiger charge is -2.08. The summed E-state index contributed by atoms with van der Waals surface area (Å²) >= 11 is 2.24. The number of nitrogens with one attached hydrogen (secondary N) is 1. The summed E-state index contributed by atoms with van der Waals surface area (Å²) in [5, 5.41) is 2.91. The molecule has 4 heteroatoms. The van der Waals surface area contributed by atoms with Crippen LogP contribution >= 0.6 is 22.6 Å². The van der Waals surface area contributed by atoms with Crippen LogP contribution in [0, 0.1) is 3.57 Å². The number of aryl methyl sites for hydroxylation is 1. The van der Waals surface area contributed by atoms with E-state index >= 15 is 0 Å². The first kappa shape index (κ1) is 13.1. The van der Waals surface area contributed by atoms with Crippen LogP contribution in [0.4, 0.5) is 5.69 Å². The maximum Gasteiger partial charge on any atom is 0.272 e. The van der Waals surface area contributed by atoms with E-state index in [1.54, 1.807) is 0 Å². The Labute approximate surface area is 120 Å². The van der Waals surface area contributed by atoms with Gasteiger partial charge in [0.2, 0.25) is 0 Å². The van der Waals surface area contributed by atoms with Gasteiger partial charge in [0.1, 0.15) is 5.69 Å². The topological polar surface area (TPSA) is 34.0 Å². The zero-order chi connectivity index (χ0) is 13.0. The summed E-state index contributed by atoms with van der Waals surface area (Å²) in [6.07, 6.45) is 2.95. The van der Waals surface area contributed by atoms with Crippen LogP contribution in [0.2, 0.25) is 0 Å². The van der Waals surface area contributed by atoms with Crippen molar-refractivity contribution >= 4 is 34.2 Å². The monoisotopic (exact) mass is 354 g/mol. The van der Waals surface area contributed by atoms with Crippen molar-refractivity contribution in [1.29, 1.82) is 0 Å². The van der Waals surface area contributed by atoms with Crippen LogP contribution in [0.5, 0.6) is 0 Å². The van der Waals surface area contributed by atoms with Gasteiger partial charge >= 0.3 is 0 Å². The van der Waals surface area contributed by atoms with E-state index in [1.165, 1.54) is 0 Å². The van der Waals surface area contributed by atoms with E-state index in [9.17, 15) is 4.79 Å². The maximum absolute atomic E-state index is 12.1. The van der Waals surface area contributed by atoms with Gasteiger partial charge in [-0.25, -0.2) is 0 Å². The summed E-state index contributed by atoms with van der Waals surface area (Å²) in [6, 6.07) is 11.5. The van der Waals surface area contributed by atoms with Crippen molar-refractivity contribution in [2.24, 2.45) is 0 Å². The first-order valence-corrected chi connectivity index (χ1v) is 7.00. The SMILES string of the molecule is CCCn1cccc1C(=O)Nc1ccc(I)cc1. The largest absolute Gasteiger partial charge is 0.344 e. The molecule has 0 aliphatic heterocycles. The lowest BCUT2D eigenvalue weighted by atomic mass is 10.3. The molecule has 3 nitrogen and oxygen atoms in total. The molecule has 0 atom stereocenters. The van der Waals surface area contributed by atoms with Gasteiger partial charge in [0.15, 0.2) is 0 Å². The van der Waals surface area contributed by atoms with Crippen molar-refractivity contribution in [3.63, 3.8) is 0 Å². The Kier molecular flexibility index (Phi) is 4.41. The summed E-state index contributed by atoms with van der Waals surface area (Å²) in [4.78, 5) is 12.1. The van der Waals surface area contributed by atoms with E-state index in [0.717, 1.165) is 22.2 Å². The molecule has 0 saturated carbocycles. The molecule has 1 N–H and O–H groups in total. The van der Waals surface area contributed by atoms with Crippen molar-refractivity contribution in [3.05, 3.63) is 51.9 Å². The molecule has 0 saturated heterocycles. The highest BCUT2D eigenvalue weighted by Crippen LogP contribution is 2.13. The van der Waals surface area contributed by atoms with E-state index < -0.39 is 0 Å². The fourth-order valence-electron chi connectivity index (χ4n) is 1.78. The van der Waals surface area contributed by atoms with Gasteiger partial charge < -0.3 is 9.88 Å². The average molecular weight is 354 g/mol. The predicted octanol–water partition coefficient (Wildman–Crippen LogP) is 3.76. The smallest absolute Gasteiger partial charge is 0.272 e. The van der Waals surface area contributed by atoms with Crippen LogP contribution in [0.25, 0.3) is 0 Å². The normalized spacial score (nSPS) is 10.3. The van der Waals surface area contributed by atoms with E-state index in [2.05, 4.69) is 34.8 Å². The average Bonchev–Trinajstić information content (AvgIpc) is 2.81. The number of aromatic nitrogens is 1. The standard InChI is InChI=1S/C14H15IN2O/c1-2-9-17-10-3-4-13(17)14(18)16-12-7-5-11(15)6-8-12/h3-8,10H,2,9H2,1H3,(H,16,18). The summed E-state index contributed by atoms with van der Waals surface area (Å²) in [5.41, 5.74) is 1.53. The van der Waals surface area contributed by atoms with Crippen molar-refractivity contribution in [3.8, 4) is 0 Å². The van der Waals surface area contributed by atoms with Crippen molar-refractivity contribution in [2.45, 2.75) is 19.9 Å². The second kappa shape index (κ2) is 6.04. The van der Waals surface area contributed by atoms with Gasteiger partial charge in [-0.2, -0.15) is 0 Å².